The molecule has 0 atom stereocenters. The maximum absolute atomic E-state index is 14.5. The zero-order valence-electron chi connectivity index (χ0n) is 18.2. The molecule has 0 saturated carbocycles. The summed E-state index contributed by atoms with van der Waals surface area (Å²) in [5, 5.41) is 14.1. The van der Waals surface area contributed by atoms with Crippen LogP contribution in [0.25, 0.3) is 0 Å². The van der Waals surface area contributed by atoms with Crippen LogP contribution in [-0.2, 0) is 4.79 Å². The van der Waals surface area contributed by atoms with Crippen LogP contribution in [0.4, 0.5) is 43.7 Å². The highest BCUT2D eigenvalue weighted by molar-refractivity contribution is 5.96. The van der Waals surface area contributed by atoms with Crippen LogP contribution in [-0.4, -0.2) is 40.7 Å². The molecule has 10 heteroatoms. The van der Waals surface area contributed by atoms with Crippen molar-refractivity contribution in [1.82, 2.24) is 9.97 Å². The number of aromatic nitrogens is 2. The minimum absolute atomic E-state index is 0.0495. The standard InChI is InChI=1S/C23H23FN6O3/c1-14-5-6-16(12-19(14)30-11-3-4-20(30)31)26-22-25-13-18(24)21(28-22)29(2)17-9-7-15(8-10-17)27-23(32)33/h5-10,12-13,27H,3-4,11H2,1-2H3,(H,32,33)(H,25,26,28). The maximum atomic E-state index is 14.5. The van der Waals surface area contributed by atoms with Crippen molar-refractivity contribution in [3.05, 3.63) is 60.0 Å². The first-order chi connectivity index (χ1) is 15.8. The molecule has 3 N–H and O–H groups in total. The van der Waals surface area contributed by atoms with E-state index < -0.39 is 11.9 Å². The van der Waals surface area contributed by atoms with E-state index in [1.54, 1.807) is 36.2 Å². The summed E-state index contributed by atoms with van der Waals surface area (Å²) in [5.41, 5.74) is 3.50. The second-order valence-electron chi connectivity index (χ2n) is 7.68. The number of anilines is 6. The predicted molar refractivity (Wildman–Crippen MR) is 124 cm³/mol. The molecule has 4 rings (SSSR count). The summed E-state index contributed by atoms with van der Waals surface area (Å²) >= 11 is 0. The molecule has 2 heterocycles. The molecule has 0 bridgehead atoms. The van der Waals surface area contributed by atoms with E-state index >= 15 is 0 Å². The Morgan fingerprint density at radius 1 is 1.18 bits per heavy atom. The lowest BCUT2D eigenvalue weighted by atomic mass is 10.1. The van der Waals surface area contributed by atoms with Gasteiger partial charge < -0.3 is 20.2 Å². The van der Waals surface area contributed by atoms with Crippen molar-refractivity contribution in [2.75, 3.05) is 34.0 Å². The molecular formula is C23H23FN6O3. The third-order valence-corrected chi connectivity index (χ3v) is 5.38. The van der Waals surface area contributed by atoms with Crippen molar-refractivity contribution in [3.63, 3.8) is 0 Å². The summed E-state index contributed by atoms with van der Waals surface area (Å²) in [5.74, 6) is -0.261. The van der Waals surface area contributed by atoms with Crippen molar-refractivity contribution in [3.8, 4) is 0 Å². The van der Waals surface area contributed by atoms with Crippen molar-refractivity contribution in [2.45, 2.75) is 19.8 Å². The van der Waals surface area contributed by atoms with Gasteiger partial charge in [0.15, 0.2) is 11.6 Å². The van der Waals surface area contributed by atoms with Crippen molar-refractivity contribution in [2.24, 2.45) is 0 Å². The molecule has 0 unspecified atom stereocenters. The third-order valence-electron chi connectivity index (χ3n) is 5.38. The minimum atomic E-state index is -1.16. The molecule has 33 heavy (non-hydrogen) atoms. The lowest BCUT2D eigenvalue weighted by molar-refractivity contribution is -0.117. The number of hydrogen-bond acceptors (Lipinski definition) is 6. The topological polar surface area (TPSA) is 111 Å². The van der Waals surface area contributed by atoms with E-state index in [1.807, 2.05) is 25.1 Å². The highest BCUT2D eigenvalue weighted by Gasteiger charge is 2.23. The van der Waals surface area contributed by atoms with E-state index in [0.29, 0.717) is 30.0 Å². The molecule has 3 aromatic rings. The second kappa shape index (κ2) is 9.11. The Hall–Kier alpha value is -4.21. The zero-order valence-corrected chi connectivity index (χ0v) is 18.2. The number of rotatable bonds is 6. The molecule has 2 amide bonds. The highest BCUT2D eigenvalue weighted by Crippen LogP contribution is 2.30. The molecule has 1 aliphatic heterocycles. The van der Waals surface area contributed by atoms with E-state index in [-0.39, 0.29) is 17.7 Å². The summed E-state index contributed by atoms with van der Waals surface area (Å²) in [4.78, 5) is 34.6. The molecule has 0 radical (unpaired) electrons. The van der Waals surface area contributed by atoms with Gasteiger partial charge in [0, 0.05) is 42.8 Å². The molecule has 1 aliphatic rings. The number of benzene rings is 2. The van der Waals surface area contributed by atoms with Crippen LogP contribution >= 0.6 is 0 Å². The number of nitrogens with zero attached hydrogens (tertiary/aromatic N) is 4. The fourth-order valence-corrected chi connectivity index (χ4v) is 3.68. The van der Waals surface area contributed by atoms with Gasteiger partial charge in [0.2, 0.25) is 11.9 Å². The van der Waals surface area contributed by atoms with Crippen LogP contribution in [0.2, 0.25) is 0 Å². The number of carboxylic acid groups (broad SMARTS) is 1. The second-order valence-corrected chi connectivity index (χ2v) is 7.68. The third kappa shape index (κ3) is 4.84. The summed E-state index contributed by atoms with van der Waals surface area (Å²) in [6.45, 7) is 2.63. The number of hydrogen-bond donors (Lipinski definition) is 3. The molecule has 1 aromatic heterocycles. The van der Waals surface area contributed by atoms with E-state index in [2.05, 4.69) is 20.6 Å². The Morgan fingerprint density at radius 2 is 1.91 bits per heavy atom. The van der Waals surface area contributed by atoms with Gasteiger partial charge in [0.25, 0.3) is 0 Å². The largest absolute Gasteiger partial charge is 0.465 e. The van der Waals surface area contributed by atoms with Crippen LogP contribution in [0.5, 0.6) is 0 Å². The quantitative estimate of drug-likeness (QED) is 0.501. The fraction of sp³-hybridized carbons (Fsp3) is 0.217. The van der Waals surface area contributed by atoms with Crippen LogP contribution in [0.3, 0.4) is 0 Å². The summed E-state index contributed by atoms with van der Waals surface area (Å²) < 4.78 is 14.5. The zero-order chi connectivity index (χ0) is 23.5. The van der Waals surface area contributed by atoms with Gasteiger partial charge in [-0.3, -0.25) is 10.1 Å². The molecule has 9 nitrogen and oxygen atoms in total. The van der Waals surface area contributed by atoms with E-state index in [4.69, 9.17) is 5.11 Å². The van der Waals surface area contributed by atoms with Crippen LogP contribution in [0.1, 0.15) is 18.4 Å². The van der Waals surface area contributed by atoms with Crippen LogP contribution in [0.15, 0.2) is 48.7 Å². The fourth-order valence-electron chi connectivity index (χ4n) is 3.68. The van der Waals surface area contributed by atoms with Gasteiger partial charge in [-0.2, -0.15) is 4.98 Å². The normalized spacial score (nSPS) is 13.2. The maximum Gasteiger partial charge on any atom is 0.409 e. The monoisotopic (exact) mass is 450 g/mol. The molecule has 2 aromatic carbocycles. The molecule has 1 saturated heterocycles. The van der Waals surface area contributed by atoms with Crippen molar-refractivity contribution >= 4 is 46.5 Å². The van der Waals surface area contributed by atoms with E-state index in [0.717, 1.165) is 23.9 Å². The summed E-state index contributed by atoms with van der Waals surface area (Å²) in [7, 11) is 1.65. The van der Waals surface area contributed by atoms with Gasteiger partial charge in [-0.25, -0.2) is 14.2 Å². The van der Waals surface area contributed by atoms with Gasteiger partial charge in [0.05, 0.1) is 6.20 Å². The lowest BCUT2D eigenvalue weighted by Gasteiger charge is -2.21. The first kappa shape index (κ1) is 22.0. The summed E-state index contributed by atoms with van der Waals surface area (Å²) in [6.07, 6.45) is 1.30. The van der Waals surface area contributed by atoms with E-state index in [9.17, 15) is 14.0 Å². The Balaban J connectivity index is 1.56. The minimum Gasteiger partial charge on any atom is -0.465 e. The number of nitrogens with one attached hydrogen (secondary N) is 2. The molecular weight excluding hydrogens is 427 g/mol. The highest BCUT2D eigenvalue weighted by atomic mass is 19.1. The molecule has 0 aliphatic carbocycles. The Kier molecular flexibility index (Phi) is 6.07. The Labute approximate surface area is 189 Å². The van der Waals surface area contributed by atoms with Crippen LogP contribution < -0.4 is 20.4 Å². The number of halogens is 1. The van der Waals surface area contributed by atoms with E-state index in [1.165, 1.54) is 4.90 Å². The van der Waals surface area contributed by atoms with Gasteiger partial charge in [-0.15, -0.1) is 0 Å². The van der Waals surface area contributed by atoms with Gasteiger partial charge in [-0.1, -0.05) is 6.07 Å². The van der Waals surface area contributed by atoms with Crippen LogP contribution in [0, 0.1) is 12.7 Å². The number of amides is 2. The number of carbonyl (C=O) groups is 2. The number of aryl methyl sites for hydroxylation is 1. The summed E-state index contributed by atoms with van der Waals surface area (Å²) in [6, 6.07) is 12.1. The smallest absolute Gasteiger partial charge is 0.409 e. The average Bonchev–Trinajstić information content (AvgIpc) is 3.21. The molecule has 1 fully saturated rings. The number of carbonyl (C=O) groups excluding carboxylic acids is 1. The predicted octanol–water partition coefficient (Wildman–Crippen LogP) is 4.65. The first-order valence-corrected chi connectivity index (χ1v) is 10.4. The van der Waals surface area contributed by atoms with Gasteiger partial charge >= 0.3 is 6.09 Å². The Morgan fingerprint density at radius 3 is 2.58 bits per heavy atom. The molecule has 170 valence electrons. The SMILES string of the molecule is Cc1ccc(Nc2ncc(F)c(N(C)c3ccc(NC(=O)O)cc3)n2)cc1N1CCCC1=O. The lowest BCUT2D eigenvalue weighted by Crippen LogP contribution is -2.24. The molecule has 0 spiro atoms. The van der Waals surface area contributed by atoms with Crippen molar-refractivity contribution in [1.29, 1.82) is 0 Å². The van der Waals surface area contributed by atoms with Gasteiger partial charge in [0.1, 0.15) is 0 Å². The Bertz CT molecular complexity index is 1200. The van der Waals surface area contributed by atoms with Gasteiger partial charge in [-0.05, 0) is 55.3 Å². The first-order valence-electron chi connectivity index (χ1n) is 10.4. The van der Waals surface area contributed by atoms with Crippen molar-refractivity contribution < 1.29 is 19.1 Å². The average molecular weight is 450 g/mol.